The minimum atomic E-state index is -4.73. The third-order valence-corrected chi connectivity index (χ3v) is 7.88. The maximum absolute atomic E-state index is 13.8. The molecular formula is C30H31BrF4N2O5. The van der Waals surface area contributed by atoms with Gasteiger partial charge in [0.1, 0.15) is 22.7 Å². The number of benzene rings is 2. The van der Waals surface area contributed by atoms with Gasteiger partial charge in [-0.1, -0.05) is 32.8 Å². The monoisotopic (exact) mass is 654 g/mol. The summed E-state index contributed by atoms with van der Waals surface area (Å²) in [6, 6.07) is 5.41. The molecule has 1 unspecified atom stereocenters. The zero-order valence-corrected chi connectivity index (χ0v) is 25.0. The third-order valence-electron chi connectivity index (χ3n) is 7.28. The molecule has 0 saturated carbocycles. The van der Waals surface area contributed by atoms with E-state index in [4.69, 9.17) is 9.15 Å². The Balaban J connectivity index is 1.51. The standard InChI is InChI=1S/C30H31BrF4N2O5/c1-4-8-17-14-20-21(30(33,34)35)16-24(38)42-26(20)19(9-5-2)25(17)41-13-7-6-12-37-27(39)29(3,36-28(37)40)18-10-11-23(32)22(31)15-18/h10-11,14-16H,4-9,12-13H2,1-3H3,(H,36,40). The van der Waals surface area contributed by atoms with Gasteiger partial charge in [0.25, 0.3) is 5.91 Å². The number of hydrogen-bond acceptors (Lipinski definition) is 5. The Labute approximate surface area is 248 Å². The number of unbranched alkanes of at least 4 members (excludes halogenated alkanes) is 1. The second-order valence-corrected chi connectivity index (χ2v) is 11.2. The van der Waals surface area contributed by atoms with E-state index in [0.29, 0.717) is 67.0 Å². The first-order valence-corrected chi connectivity index (χ1v) is 14.5. The minimum absolute atomic E-state index is 0.108. The van der Waals surface area contributed by atoms with Crippen molar-refractivity contribution >= 4 is 38.8 Å². The molecule has 7 nitrogen and oxygen atoms in total. The van der Waals surface area contributed by atoms with Gasteiger partial charge in [-0.3, -0.25) is 9.69 Å². The van der Waals surface area contributed by atoms with E-state index in [9.17, 15) is 31.9 Å². The number of fused-ring (bicyclic) bond motifs is 1. The number of amides is 3. The van der Waals surface area contributed by atoms with E-state index in [1.807, 2.05) is 13.8 Å². The number of halogens is 5. The Bertz CT molecular complexity index is 1570. The Hall–Kier alpha value is -3.41. The molecule has 1 aliphatic rings. The average Bonchev–Trinajstić information content (AvgIpc) is 3.14. The lowest BCUT2D eigenvalue weighted by Gasteiger charge is -2.22. The van der Waals surface area contributed by atoms with Crippen LogP contribution in [0.15, 0.2) is 44.0 Å². The summed E-state index contributed by atoms with van der Waals surface area (Å²) in [5, 5.41) is 2.52. The van der Waals surface area contributed by atoms with Gasteiger partial charge in [-0.15, -0.1) is 0 Å². The van der Waals surface area contributed by atoms with Gasteiger partial charge in [-0.25, -0.2) is 14.0 Å². The molecule has 1 fully saturated rings. The van der Waals surface area contributed by atoms with Gasteiger partial charge in [0.2, 0.25) is 0 Å². The Morgan fingerprint density at radius 1 is 1.05 bits per heavy atom. The molecule has 2 aromatic carbocycles. The van der Waals surface area contributed by atoms with Crippen LogP contribution in [-0.2, 0) is 29.4 Å². The van der Waals surface area contributed by atoms with Crippen molar-refractivity contribution in [2.45, 2.75) is 71.0 Å². The fraction of sp³-hybridized carbons (Fsp3) is 0.433. The van der Waals surface area contributed by atoms with Crippen molar-refractivity contribution in [2.24, 2.45) is 0 Å². The van der Waals surface area contributed by atoms with E-state index in [0.717, 1.165) is 4.90 Å². The second kappa shape index (κ2) is 12.4. The topological polar surface area (TPSA) is 88.8 Å². The normalized spacial score (nSPS) is 17.3. The van der Waals surface area contributed by atoms with Crippen LogP contribution in [0.25, 0.3) is 11.0 Å². The highest BCUT2D eigenvalue weighted by Gasteiger charge is 2.48. The first-order valence-electron chi connectivity index (χ1n) is 13.7. The maximum Gasteiger partial charge on any atom is 0.417 e. The van der Waals surface area contributed by atoms with Crippen LogP contribution in [0.5, 0.6) is 5.75 Å². The summed E-state index contributed by atoms with van der Waals surface area (Å²) in [5.41, 5.74) is -2.17. The SMILES string of the molecule is CCCc1cc2c(C(F)(F)F)cc(=O)oc2c(CCC)c1OCCCCN1C(=O)NC(C)(c2ccc(F)c(Br)c2)C1=O. The van der Waals surface area contributed by atoms with Gasteiger partial charge < -0.3 is 14.5 Å². The van der Waals surface area contributed by atoms with Gasteiger partial charge in [0.05, 0.1) is 16.6 Å². The van der Waals surface area contributed by atoms with Crippen molar-refractivity contribution in [3.63, 3.8) is 0 Å². The highest BCUT2D eigenvalue weighted by molar-refractivity contribution is 9.10. The van der Waals surface area contributed by atoms with Crippen LogP contribution < -0.4 is 15.7 Å². The Morgan fingerprint density at radius 2 is 1.76 bits per heavy atom. The fourth-order valence-corrected chi connectivity index (χ4v) is 5.58. The van der Waals surface area contributed by atoms with E-state index in [-0.39, 0.29) is 28.6 Å². The number of alkyl halides is 3. The molecule has 42 heavy (non-hydrogen) atoms. The number of imide groups is 1. The minimum Gasteiger partial charge on any atom is -0.493 e. The molecule has 1 N–H and O–H groups in total. The molecule has 1 atom stereocenters. The summed E-state index contributed by atoms with van der Waals surface area (Å²) in [6.07, 6.45) is -1.87. The molecule has 1 aromatic heterocycles. The lowest BCUT2D eigenvalue weighted by Crippen LogP contribution is -2.41. The largest absolute Gasteiger partial charge is 0.493 e. The van der Waals surface area contributed by atoms with Crippen LogP contribution in [-0.4, -0.2) is 30.0 Å². The van der Waals surface area contributed by atoms with Crippen molar-refractivity contribution < 1.29 is 36.3 Å². The van der Waals surface area contributed by atoms with Gasteiger partial charge in [0.15, 0.2) is 0 Å². The van der Waals surface area contributed by atoms with Crippen LogP contribution in [0.3, 0.4) is 0 Å². The number of carbonyl (C=O) groups is 2. The second-order valence-electron chi connectivity index (χ2n) is 10.4. The predicted octanol–water partition coefficient (Wildman–Crippen LogP) is 7.24. The smallest absolute Gasteiger partial charge is 0.417 e. The van der Waals surface area contributed by atoms with Gasteiger partial charge >= 0.3 is 17.8 Å². The number of carbonyl (C=O) groups excluding carboxylic acids is 2. The molecule has 3 aromatic rings. The molecule has 3 amide bonds. The van der Waals surface area contributed by atoms with Gasteiger partial charge in [0, 0.05) is 23.6 Å². The molecule has 2 heterocycles. The first-order chi connectivity index (χ1) is 19.8. The van der Waals surface area contributed by atoms with E-state index in [1.165, 1.54) is 24.3 Å². The average molecular weight is 655 g/mol. The number of hydrogen-bond donors (Lipinski definition) is 1. The maximum atomic E-state index is 13.8. The third kappa shape index (κ3) is 6.18. The molecule has 0 spiro atoms. The van der Waals surface area contributed by atoms with E-state index in [2.05, 4.69) is 21.2 Å². The Morgan fingerprint density at radius 3 is 2.40 bits per heavy atom. The number of nitrogens with zero attached hydrogens (tertiary/aromatic N) is 1. The molecule has 0 radical (unpaired) electrons. The summed E-state index contributed by atoms with van der Waals surface area (Å²) in [6.45, 7) is 5.60. The van der Waals surface area contributed by atoms with Crippen molar-refractivity contribution in [2.75, 3.05) is 13.2 Å². The molecule has 0 aliphatic carbocycles. The summed E-state index contributed by atoms with van der Waals surface area (Å²) in [5.74, 6) is -0.556. The molecule has 0 bridgehead atoms. The molecule has 12 heteroatoms. The quantitative estimate of drug-likeness (QED) is 0.102. The van der Waals surface area contributed by atoms with Crippen LogP contribution in [0.1, 0.15) is 68.7 Å². The zero-order chi connectivity index (χ0) is 30.8. The van der Waals surface area contributed by atoms with E-state index < -0.39 is 40.7 Å². The molecular weight excluding hydrogens is 624 g/mol. The number of urea groups is 1. The molecule has 226 valence electrons. The van der Waals surface area contributed by atoms with Crippen molar-refractivity contribution in [3.05, 3.63) is 73.3 Å². The molecule has 1 saturated heterocycles. The highest BCUT2D eigenvalue weighted by Crippen LogP contribution is 2.40. The van der Waals surface area contributed by atoms with E-state index >= 15 is 0 Å². The summed E-state index contributed by atoms with van der Waals surface area (Å²) >= 11 is 3.11. The van der Waals surface area contributed by atoms with Crippen molar-refractivity contribution in [1.82, 2.24) is 10.2 Å². The van der Waals surface area contributed by atoms with Crippen LogP contribution in [0.2, 0.25) is 0 Å². The highest BCUT2D eigenvalue weighted by atomic mass is 79.9. The summed E-state index contributed by atoms with van der Waals surface area (Å²) in [4.78, 5) is 39.0. The molecule has 4 rings (SSSR count). The fourth-order valence-electron chi connectivity index (χ4n) is 5.20. The summed E-state index contributed by atoms with van der Waals surface area (Å²) < 4.78 is 66.7. The lowest BCUT2D eigenvalue weighted by atomic mass is 9.92. The van der Waals surface area contributed by atoms with Crippen molar-refractivity contribution in [3.8, 4) is 5.75 Å². The first kappa shape index (κ1) is 31.5. The molecule has 1 aliphatic heterocycles. The number of rotatable bonds is 11. The van der Waals surface area contributed by atoms with Crippen LogP contribution in [0.4, 0.5) is 22.4 Å². The summed E-state index contributed by atoms with van der Waals surface area (Å²) in [7, 11) is 0. The Kier molecular flexibility index (Phi) is 9.34. The number of aryl methyl sites for hydroxylation is 2. The lowest BCUT2D eigenvalue weighted by molar-refractivity contribution is -0.136. The number of nitrogens with one attached hydrogen (secondary N) is 1. The predicted molar refractivity (Wildman–Crippen MR) is 152 cm³/mol. The van der Waals surface area contributed by atoms with Crippen molar-refractivity contribution in [1.29, 1.82) is 0 Å². The van der Waals surface area contributed by atoms with Crippen LogP contribution >= 0.6 is 15.9 Å². The van der Waals surface area contributed by atoms with E-state index in [1.54, 1.807) is 6.92 Å². The van der Waals surface area contributed by atoms with Gasteiger partial charge in [-0.05, 0) is 77.9 Å². The number of ether oxygens (including phenoxy) is 1. The van der Waals surface area contributed by atoms with Crippen LogP contribution in [0, 0.1) is 5.82 Å². The zero-order valence-electron chi connectivity index (χ0n) is 23.4. The van der Waals surface area contributed by atoms with Gasteiger partial charge in [-0.2, -0.15) is 13.2 Å².